The van der Waals surface area contributed by atoms with E-state index in [1.54, 1.807) is 0 Å². The quantitative estimate of drug-likeness (QED) is 0.664. The van der Waals surface area contributed by atoms with Crippen LogP contribution < -0.4 is 0 Å². The summed E-state index contributed by atoms with van der Waals surface area (Å²) in [6.45, 7) is 14.7. The van der Waals surface area contributed by atoms with E-state index in [9.17, 15) is 0 Å². The lowest BCUT2D eigenvalue weighted by atomic mass is 9.86. The SMILES string of the molecule is C[Si](C)(C)O[C@H]1[C@@H]([Si](C)(C)C)C12CCCCC2. The fourth-order valence-corrected chi connectivity index (χ4v) is 8.80. The van der Waals surface area contributed by atoms with Crippen molar-refractivity contribution in [2.75, 3.05) is 0 Å². The first-order chi connectivity index (χ1) is 7.67. The van der Waals surface area contributed by atoms with Crippen molar-refractivity contribution in [1.82, 2.24) is 0 Å². The van der Waals surface area contributed by atoms with Gasteiger partial charge in [-0.15, -0.1) is 0 Å². The van der Waals surface area contributed by atoms with Crippen molar-refractivity contribution in [1.29, 1.82) is 0 Å². The van der Waals surface area contributed by atoms with Crippen LogP contribution in [0.2, 0.25) is 44.8 Å². The minimum Gasteiger partial charge on any atom is -0.414 e. The third-order valence-electron chi connectivity index (χ3n) is 4.58. The summed E-state index contributed by atoms with van der Waals surface area (Å²) in [6.07, 6.45) is 7.91. The molecule has 0 aromatic heterocycles. The maximum Gasteiger partial charge on any atom is 0.184 e. The van der Waals surface area contributed by atoms with Gasteiger partial charge in [-0.1, -0.05) is 38.9 Å². The maximum absolute atomic E-state index is 6.55. The zero-order chi connectivity index (χ0) is 12.9. The van der Waals surface area contributed by atoms with Crippen molar-refractivity contribution in [2.45, 2.75) is 83.0 Å². The lowest BCUT2D eigenvalue weighted by Gasteiger charge is -2.27. The first-order valence-electron chi connectivity index (χ1n) is 7.35. The molecule has 1 nitrogen and oxygen atoms in total. The molecule has 0 aliphatic heterocycles. The molecule has 0 amide bonds. The van der Waals surface area contributed by atoms with Crippen LogP contribution in [0.15, 0.2) is 0 Å². The predicted octanol–water partition coefficient (Wildman–Crippen LogP) is 4.88. The fourth-order valence-electron chi connectivity index (χ4n) is 4.14. The first-order valence-corrected chi connectivity index (χ1v) is 14.3. The Morgan fingerprint density at radius 3 is 1.82 bits per heavy atom. The monoisotopic (exact) mass is 270 g/mol. The fraction of sp³-hybridized carbons (Fsp3) is 1.00. The van der Waals surface area contributed by atoms with E-state index in [0.717, 1.165) is 5.54 Å². The van der Waals surface area contributed by atoms with Crippen LogP contribution in [0.25, 0.3) is 0 Å². The van der Waals surface area contributed by atoms with E-state index in [1.807, 2.05) is 0 Å². The van der Waals surface area contributed by atoms with Gasteiger partial charge in [0.1, 0.15) is 0 Å². The Labute approximate surface area is 109 Å². The molecule has 3 heteroatoms. The normalized spacial score (nSPS) is 32.8. The van der Waals surface area contributed by atoms with Gasteiger partial charge in [-0.05, 0) is 43.4 Å². The molecule has 2 fully saturated rings. The average molecular weight is 271 g/mol. The van der Waals surface area contributed by atoms with Gasteiger partial charge < -0.3 is 4.43 Å². The molecule has 0 radical (unpaired) electrons. The van der Waals surface area contributed by atoms with Gasteiger partial charge in [0.2, 0.25) is 0 Å². The van der Waals surface area contributed by atoms with Crippen LogP contribution in [0, 0.1) is 5.41 Å². The molecule has 2 aliphatic carbocycles. The highest BCUT2D eigenvalue weighted by atomic mass is 28.4. The molecule has 0 aromatic carbocycles. The molecular weight excluding hydrogens is 240 g/mol. The van der Waals surface area contributed by atoms with E-state index in [2.05, 4.69) is 39.3 Å². The number of hydrogen-bond donors (Lipinski definition) is 0. The summed E-state index contributed by atoms with van der Waals surface area (Å²) in [4.78, 5) is 0. The minimum absolute atomic E-state index is 0.628. The molecule has 0 saturated heterocycles. The molecular formula is C14H30OSi2. The second-order valence-electron chi connectivity index (χ2n) is 8.29. The van der Waals surface area contributed by atoms with Crippen molar-refractivity contribution < 1.29 is 4.43 Å². The van der Waals surface area contributed by atoms with Crippen molar-refractivity contribution in [2.24, 2.45) is 5.41 Å². The highest BCUT2D eigenvalue weighted by Gasteiger charge is 2.69. The van der Waals surface area contributed by atoms with Crippen LogP contribution in [-0.2, 0) is 4.43 Å². The topological polar surface area (TPSA) is 9.23 Å². The summed E-state index contributed by atoms with van der Waals surface area (Å²) in [5, 5.41) is 0. The molecule has 100 valence electrons. The zero-order valence-electron chi connectivity index (χ0n) is 12.6. The summed E-state index contributed by atoms with van der Waals surface area (Å²) in [5.41, 5.74) is 1.57. The van der Waals surface area contributed by atoms with Gasteiger partial charge in [0.15, 0.2) is 8.32 Å². The standard InChI is InChI=1S/C14H30OSi2/c1-16(2,3)13-12(15-17(4,5)6)14(13)10-8-7-9-11-14/h12-13H,7-11H2,1-6H3/t12-,13+/m0/s1. The van der Waals surface area contributed by atoms with Gasteiger partial charge in [-0.2, -0.15) is 0 Å². The summed E-state index contributed by atoms with van der Waals surface area (Å²) < 4.78 is 6.55. The van der Waals surface area contributed by atoms with E-state index in [1.165, 1.54) is 32.1 Å². The van der Waals surface area contributed by atoms with E-state index in [-0.39, 0.29) is 0 Å². The Bertz CT molecular complexity index is 282. The Hall–Kier alpha value is 0.394. The van der Waals surface area contributed by atoms with Crippen LogP contribution in [0.4, 0.5) is 0 Å². The van der Waals surface area contributed by atoms with Crippen molar-refractivity contribution in [3.8, 4) is 0 Å². The largest absolute Gasteiger partial charge is 0.414 e. The molecule has 2 rings (SSSR count). The Morgan fingerprint density at radius 1 is 0.882 bits per heavy atom. The van der Waals surface area contributed by atoms with Gasteiger partial charge in [0, 0.05) is 0 Å². The highest BCUT2D eigenvalue weighted by molar-refractivity contribution is 6.79. The van der Waals surface area contributed by atoms with Crippen molar-refractivity contribution >= 4 is 16.4 Å². The summed E-state index contributed by atoms with van der Waals surface area (Å²) >= 11 is 0. The van der Waals surface area contributed by atoms with Gasteiger partial charge in [0.25, 0.3) is 0 Å². The number of rotatable bonds is 3. The Morgan fingerprint density at radius 2 is 1.41 bits per heavy atom. The van der Waals surface area contributed by atoms with Gasteiger partial charge in [0.05, 0.1) is 14.2 Å². The van der Waals surface area contributed by atoms with Crippen LogP contribution in [0.5, 0.6) is 0 Å². The van der Waals surface area contributed by atoms with E-state index >= 15 is 0 Å². The first kappa shape index (κ1) is 13.8. The third kappa shape index (κ3) is 2.71. The smallest absolute Gasteiger partial charge is 0.184 e. The molecule has 2 saturated carbocycles. The summed E-state index contributed by atoms with van der Waals surface area (Å²) in [6, 6.07) is 0. The van der Waals surface area contributed by atoms with Gasteiger partial charge >= 0.3 is 0 Å². The van der Waals surface area contributed by atoms with Gasteiger partial charge in [-0.25, -0.2) is 0 Å². The maximum atomic E-state index is 6.55. The summed E-state index contributed by atoms with van der Waals surface area (Å²) in [7, 11) is -2.42. The lowest BCUT2D eigenvalue weighted by Crippen LogP contribution is -2.30. The molecule has 0 bridgehead atoms. The molecule has 1 spiro atoms. The van der Waals surface area contributed by atoms with Crippen LogP contribution in [-0.4, -0.2) is 22.5 Å². The lowest BCUT2D eigenvalue weighted by molar-refractivity contribution is 0.200. The molecule has 0 N–H and O–H groups in total. The predicted molar refractivity (Wildman–Crippen MR) is 80.8 cm³/mol. The Kier molecular flexibility index (Phi) is 3.42. The van der Waals surface area contributed by atoms with E-state index in [0.29, 0.717) is 11.5 Å². The second kappa shape index (κ2) is 4.21. The van der Waals surface area contributed by atoms with Crippen LogP contribution >= 0.6 is 0 Å². The second-order valence-corrected chi connectivity index (χ2v) is 18.1. The van der Waals surface area contributed by atoms with E-state index in [4.69, 9.17) is 4.43 Å². The summed E-state index contributed by atoms with van der Waals surface area (Å²) in [5.74, 6) is 0. The number of hydrogen-bond acceptors (Lipinski definition) is 1. The molecule has 17 heavy (non-hydrogen) atoms. The van der Waals surface area contributed by atoms with Crippen molar-refractivity contribution in [3.63, 3.8) is 0 Å². The van der Waals surface area contributed by atoms with Gasteiger partial charge in [-0.3, -0.25) is 0 Å². The zero-order valence-corrected chi connectivity index (χ0v) is 14.6. The van der Waals surface area contributed by atoms with E-state index < -0.39 is 16.4 Å². The van der Waals surface area contributed by atoms with Crippen molar-refractivity contribution in [3.05, 3.63) is 0 Å². The molecule has 0 unspecified atom stereocenters. The highest BCUT2D eigenvalue weighted by Crippen LogP contribution is 2.71. The van der Waals surface area contributed by atoms with Crippen LogP contribution in [0.1, 0.15) is 32.1 Å². The molecule has 2 aliphatic rings. The molecule has 0 heterocycles. The molecule has 2 atom stereocenters. The van der Waals surface area contributed by atoms with Crippen LogP contribution in [0.3, 0.4) is 0 Å². The minimum atomic E-state index is -1.37. The average Bonchev–Trinajstić information content (AvgIpc) is 2.70. The third-order valence-corrected chi connectivity index (χ3v) is 8.28. The molecule has 0 aromatic rings. The Balaban J connectivity index is 2.14.